The summed E-state index contributed by atoms with van der Waals surface area (Å²) in [4.78, 5) is 2.38. The van der Waals surface area contributed by atoms with Gasteiger partial charge in [0.25, 0.3) is 0 Å². The molecule has 0 aromatic heterocycles. The molecular weight excluding hydrogens is 296 g/mol. The number of rotatable bonds is 4. The van der Waals surface area contributed by atoms with Gasteiger partial charge in [-0.1, -0.05) is 0 Å². The monoisotopic (exact) mass is 322 g/mol. The first-order valence-corrected chi connectivity index (χ1v) is 8.34. The quantitative estimate of drug-likeness (QED) is 0.925. The Kier molecular flexibility index (Phi) is 4.78. The van der Waals surface area contributed by atoms with E-state index in [-0.39, 0.29) is 12.0 Å². The third-order valence-electron chi connectivity index (χ3n) is 5.22. The van der Waals surface area contributed by atoms with Crippen LogP contribution in [0.3, 0.4) is 0 Å². The van der Waals surface area contributed by atoms with E-state index in [2.05, 4.69) is 4.90 Å². The summed E-state index contributed by atoms with van der Waals surface area (Å²) < 4.78 is 24.2. The Labute approximate surface area is 137 Å². The van der Waals surface area contributed by atoms with Gasteiger partial charge >= 0.3 is 0 Å². The molecule has 4 nitrogen and oxygen atoms in total. The van der Waals surface area contributed by atoms with Crippen LogP contribution in [0.15, 0.2) is 12.1 Å². The summed E-state index contributed by atoms with van der Waals surface area (Å²) in [7, 11) is 3.28. The van der Waals surface area contributed by atoms with Crippen molar-refractivity contribution in [3.63, 3.8) is 0 Å². The predicted octanol–water partition coefficient (Wildman–Crippen LogP) is 2.73. The highest BCUT2D eigenvalue weighted by atomic mass is 18.2. The summed E-state index contributed by atoms with van der Waals surface area (Å²) in [5.41, 5.74) is 2.47. The summed E-state index contributed by atoms with van der Waals surface area (Å²) in [5, 5.41) is 10.5. The highest BCUT2D eigenvalue weighted by Crippen LogP contribution is 2.43. The third kappa shape index (κ3) is 3.17. The summed E-state index contributed by atoms with van der Waals surface area (Å²) in [6.45, 7) is 3.27. The molecule has 2 aliphatic heterocycles. The van der Waals surface area contributed by atoms with Crippen molar-refractivity contribution in [1.82, 2.24) is 4.90 Å². The van der Waals surface area contributed by atoms with E-state index in [1.54, 1.807) is 21.1 Å². The third-order valence-corrected chi connectivity index (χ3v) is 5.22. The van der Waals surface area contributed by atoms with Crippen LogP contribution in [0.2, 0.25) is 0 Å². The molecular formula is C18H26FNO3. The van der Waals surface area contributed by atoms with Crippen molar-refractivity contribution >= 4 is 0 Å². The summed E-state index contributed by atoms with van der Waals surface area (Å²) >= 11 is 0. The molecule has 1 aromatic carbocycles. The van der Waals surface area contributed by atoms with Crippen LogP contribution in [0.4, 0.5) is 4.39 Å². The van der Waals surface area contributed by atoms with E-state index in [9.17, 15) is 9.50 Å². The zero-order valence-corrected chi connectivity index (χ0v) is 14.1. The van der Waals surface area contributed by atoms with Crippen LogP contribution in [0.5, 0.6) is 11.5 Å². The van der Waals surface area contributed by atoms with E-state index in [1.165, 1.54) is 11.1 Å². The van der Waals surface area contributed by atoms with E-state index in [0.717, 1.165) is 31.0 Å². The molecule has 0 amide bonds. The normalized spacial score (nSPS) is 28.7. The second-order valence-corrected chi connectivity index (χ2v) is 6.75. The summed E-state index contributed by atoms with van der Waals surface area (Å²) in [6, 6.07) is 4.27. The Balaban J connectivity index is 1.87. The van der Waals surface area contributed by atoms with Gasteiger partial charge in [-0.2, -0.15) is 0 Å². The second kappa shape index (κ2) is 6.65. The smallest absolute Gasteiger partial charge is 0.161 e. The fourth-order valence-corrected chi connectivity index (χ4v) is 4.07. The first kappa shape index (κ1) is 16.5. The Morgan fingerprint density at radius 1 is 1.30 bits per heavy atom. The number of aliphatic hydroxyl groups is 1. The Bertz CT molecular complexity index is 563. The van der Waals surface area contributed by atoms with Crippen LogP contribution >= 0.6 is 0 Å². The van der Waals surface area contributed by atoms with Gasteiger partial charge in [0.15, 0.2) is 11.5 Å². The zero-order chi connectivity index (χ0) is 16.6. The van der Waals surface area contributed by atoms with E-state index >= 15 is 0 Å². The largest absolute Gasteiger partial charge is 0.493 e. The Morgan fingerprint density at radius 3 is 2.65 bits per heavy atom. The molecule has 0 spiro atoms. The van der Waals surface area contributed by atoms with E-state index in [1.807, 2.05) is 12.1 Å². The van der Waals surface area contributed by atoms with Gasteiger partial charge < -0.3 is 14.6 Å². The standard InChI is InChI=1S/C18H26FNO3/c1-11(19)6-13-10-20-5-4-12-7-17(22-2)18(23-3)8-14(12)15(20)9-16(13)21/h7-8,11,13,15-16,21H,4-6,9-10H2,1-3H3/t11?,13-,15-,16-/m1/s1/i19-1. The van der Waals surface area contributed by atoms with Gasteiger partial charge in [0, 0.05) is 25.0 Å². The van der Waals surface area contributed by atoms with Gasteiger partial charge in [0.2, 0.25) is 0 Å². The maximum Gasteiger partial charge on any atom is 0.161 e. The Morgan fingerprint density at radius 2 is 2.00 bits per heavy atom. The summed E-state index contributed by atoms with van der Waals surface area (Å²) in [6.07, 6.45) is 0.713. The number of benzene rings is 1. The van der Waals surface area contributed by atoms with Gasteiger partial charge in [-0.15, -0.1) is 0 Å². The molecule has 1 unspecified atom stereocenters. The van der Waals surface area contributed by atoms with Crippen molar-refractivity contribution in [1.29, 1.82) is 0 Å². The second-order valence-electron chi connectivity index (χ2n) is 6.75. The minimum absolute atomic E-state index is 0.0212. The highest BCUT2D eigenvalue weighted by molar-refractivity contribution is 5.49. The number of nitrogens with zero attached hydrogens (tertiary/aromatic N) is 1. The lowest BCUT2D eigenvalue weighted by molar-refractivity contribution is -0.0218. The number of hydrogen-bond acceptors (Lipinski definition) is 4. The van der Waals surface area contributed by atoms with Crippen LogP contribution in [-0.2, 0) is 6.42 Å². The molecule has 0 saturated carbocycles. The number of aliphatic hydroxyl groups excluding tert-OH is 1. The fraction of sp³-hybridized carbons (Fsp3) is 0.667. The molecule has 0 bridgehead atoms. The van der Waals surface area contributed by atoms with Crippen molar-refractivity contribution in [2.24, 2.45) is 5.92 Å². The molecule has 1 aromatic rings. The maximum atomic E-state index is 13.3. The number of halogens is 1. The molecule has 2 aliphatic rings. The lowest BCUT2D eigenvalue weighted by atomic mass is 9.80. The molecule has 128 valence electrons. The van der Waals surface area contributed by atoms with Crippen molar-refractivity contribution in [2.45, 2.75) is 44.5 Å². The lowest BCUT2D eigenvalue weighted by Gasteiger charge is -2.46. The van der Waals surface area contributed by atoms with E-state index in [0.29, 0.717) is 12.8 Å². The van der Waals surface area contributed by atoms with Crippen molar-refractivity contribution in [2.75, 3.05) is 27.3 Å². The predicted molar refractivity (Wildman–Crippen MR) is 86.9 cm³/mol. The minimum atomic E-state index is -0.868. The number of ether oxygens (including phenoxy) is 2. The highest BCUT2D eigenvalue weighted by Gasteiger charge is 2.39. The summed E-state index contributed by atoms with van der Waals surface area (Å²) in [5.74, 6) is 1.50. The van der Waals surface area contributed by atoms with Gasteiger partial charge in [-0.05, 0) is 49.4 Å². The van der Waals surface area contributed by atoms with Gasteiger partial charge in [0.1, 0.15) is 0 Å². The molecule has 0 radical (unpaired) electrons. The molecule has 2 heterocycles. The number of methoxy groups -OCH3 is 2. The van der Waals surface area contributed by atoms with Crippen LogP contribution in [0.25, 0.3) is 0 Å². The zero-order valence-electron chi connectivity index (χ0n) is 14.1. The maximum absolute atomic E-state index is 13.3. The van der Waals surface area contributed by atoms with Crippen LogP contribution < -0.4 is 9.47 Å². The molecule has 23 heavy (non-hydrogen) atoms. The molecule has 5 heteroatoms. The van der Waals surface area contributed by atoms with E-state index in [4.69, 9.17) is 9.47 Å². The average molecular weight is 322 g/mol. The van der Waals surface area contributed by atoms with Crippen LogP contribution in [0.1, 0.15) is 36.9 Å². The average Bonchev–Trinajstić information content (AvgIpc) is 2.53. The minimum Gasteiger partial charge on any atom is -0.493 e. The van der Waals surface area contributed by atoms with E-state index < -0.39 is 12.3 Å². The van der Waals surface area contributed by atoms with Crippen molar-refractivity contribution in [3.8, 4) is 11.5 Å². The lowest BCUT2D eigenvalue weighted by Crippen LogP contribution is -2.48. The number of hydrogen-bond donors (Lipinski definition) is 1. The van der Waals surface area contributed by atoms with Gasteiger partial charge in [-0.3, -0.25) is 4.90 Å². The number of piperidine rings is 1. The SMILES string of the molecule is COc1cc2c(cc1OC)[C@H]1C[C@@H](O)[C@H](CC(C)[18F])CN1CC2. The number of fused-ring (bicyclic) bond motifs is 3. The van der Waals surface area contributed by atoms with Gasteiger partial charge in [0.05, 0.1) is 26.5 Å². The Hall–Kier alpha value is -1.33. The molecule has 1 fully saturated rings. The van der Waals surface area contributed by atoms with Gasteiger partial charge in [-0.25, -0.2) is 4.39 Å². The van der Waals surface area contributed by atoms with Crippen molar-refractivity contribution in [3.05, 3.63) is 23.3 Å². The topological polar surface area (TPSA) is 41.9 Å². The first-order valence-electron chi connectivity index (χ1n) is 8.34. The molecule has 0 aliphatic carbocycles. The molecule has 4 atom stereocenters. The van der Waals surface area contributed by atoms with Crippen LogP contribution in [-0.4, -0.2) is 49.6 Å². The first-order chi connectivity index (χ1) is 11.0. The van der Waals surface area contributed by atoms with Crippen LogP contribution in [0, 0.1) is 5.92 Å². The molecule has 1 N–H and O–H groups in total. The molecule has 1 saturated heterocycles. The van der Waals surface area contributed by atoms with Crippen molar-refractivity contribution < 1.29 is 19.0 Å². The fourth-order valence-electron chi connectivity index (χ4n) is 4.07. The molecule has 3 rings (SSSR count). The number of alkyl halides is 1.